The van der Waals surface area contributed by atoms with Gasteiger partial charge in [-0.1, -0.05) is 84.4 Å². The van der Waals surface area contributed by atoms with Crippen molar-refractivity contribution in [3.63, 3.8) is 0 Å². The van der Waals surface area contributed by atoms with Gasteiger partial charge in [0.25, 0.3) is 0 Å². The van der Waals surface area contributed by atoms with Crippen LogP contribution in [-0.4, -0.2) is 11.7 Å². The van der Waals surface area contributed by atoms with Crippen LogP contribution in [0.4, 0.5) is 4.79 Å². The summed E-state index contributed by atoms with van der Waals surface area (Å²) in [5.74, 6) is 1.07. The quantitative estimate of drug-likeness (QED) is 0.337. The lowest BCUT2D eigenvalue weighted by Crippen LogP contribution is -2.32. The summed E-state index contributed by atoms with van der Waals surface area (Å²) in [6.07, 6.45) is 4.40. The Bertz CT molecular complexity index is 733. The molecule has 0 aliphatic heterocycles. The molecular weight excluding hydrogens is 398 g/mol. The molecule has 0 radical (unpaired) electrons. The molecule has 1 aromatic carbocycles. The van der Waals surface area contributed by atoms with Gasteiger partial charge < -0.3 is 14.8 Å². The molecule has 0 aliphatic carbocycles. The third kappa shape index (κ3) is 14.5. The van der Waals surface area contributed by atoms with Gasteiger partial charge in [-0.15, -0.1) is 0 Å². The van der Waals surface area contributed by atoms with E-state index in [-0.39, 0.29) is 5.92 Å². The van der Waals surface area contributed by atoms with E-state index in [1.54, 1.807) is 0 Å². The molecule has 4 nitrogen and oxygen atoms in total. The minimum Gasteiger partial charge on any atom is -0.469 e. The zero-order chi connectivity index (χ0) is 25.3. The summed E-state index contributed by atoms with van der Waals surface area (Å²) in [5.41, 5.74) is 3.70. The van der Waals surface area contributed by atoms with Crippen molar-refractivity contribution in [3.05, 3.63) is 65.6 Å². The first-order valence-corrected chi connectivity index (χ1v) is 11.7. The number of allylic oxidation sites excluding steroid dienone is 4. The van der Waals surface area contributed by atoms with Crippen molar-refractivity contribution in [1.82, 2.24) is 5.32 Å². The number of hydrogen-bond donors (Lipinski definition) is 1. The zero-order valence-corrected chi connectivity index (χ0v) is 22.4. The number of rotatable bonds is 7. The Morgan fingerprint density at radius 2 is 1.72 bits per heavy atom. The highest BCUT2D eigenvalue weighted by Gasteiger charge is 2.16. The Labute approximate surface area is 197 Å². The molecule has 0 bridgehead atoms. The second-order valence-corrected chi connectivity index (χ2v) is 8.70. The summed E-state index contributed by atoms with van der Waals surface area (Å²) in [5, 5.41) is 2.80. The molecule has 0 spiro atoms. The topological polar surface area (TPSA) is 47.6 Å². The summed E-state index contributed by atoms with van der Waals surface area (Å²) in [7, 11) is 0. The van der Waals surface area contributed by atoms with Gasteiger partial charge in [-0.2, -0.15) is 0 Å². The number of carbonyl (C=O) groups is 1. The van der Waals surface area contributed by atoms with Crippen molar-refractivity contribution in [1.29, 1.82) is 0 Å². The van der Waals surface area contributed by atoms with Crippen LogP contribution in [0.5, 0.6) is 0 Å². The van der Waals surface area contributed by atoms with Gasteiger partial charge >= 0.3 is 6.09 Å². The summed E-state index contributed by atoms with van der Waals surface area (Å²) < 4.78 is 11.0. The molecule has 1 N–H and O–H groups in total. The van der Waals surface area contributed by atoms with E-state index in [0.717, 1.165) is 22.5 Å². The molecule has 1 amide bonds. The van der Waals surface area contributed by atoms with Gasteiger partial charge in [0.05, 0.1) is 6.26 Å². The molecule has 0 aromatic heterocycles. The van der Waals surface area contributed by atoms with E-state index in [1.807, 2.05) is 52.8 Å². The molecule has 0 aliphatic rings. The van der Waals surface area contributed by atoms with E-state index in [0.29, 0.717) is 6.54 Å². The summed E-state index contributed by atoms with van der Waals surface area (Å²) in [4.78, 5) is 11.9. The Balaban J connectivity index is 0. The molecule has 4 heteroatoms. The summed E-state index contributed by atoms with van der Waals surface area (Å²) in [6.45, 7) is 26.2. The number of nitrogens with one attached hydrogen (secondary N) is 1. The van der Waals surface area contributed by atoms with Gasteiger partial charge in [0.2, 0.25) is 0 Å². The van der Waals surface area contributed by atoms with Crippen molar-refractivity contribution < 1.29 is 14.3 Å². The van der Waals surface area contributed by atoms with Crippen LogP contribution in [-0.2, 0) is 16.0 Å². The third-order valence-electron chi connectivity index (χ3n) is 3.51. The molecule has 0 fully saturated rings. The summed E-state index contributed by atoms with van der Waals surface area (Å²) in [6, 6.07) is 8.05. The number of hydrogen-bond acceptors (Lipinski definition) is 3. The largest absolute Gasteiger partial charge is 0.469 e. The predicted molar refractivity (Wildman–Crippen MR) is 139 cm³/mol. The second-order valence-electron chi connectivity index (χ2n) is 8.70. The molecule has 0 unspecified atom stereocenters. The van der Waals surface area contributed by atoms with Gasteiger partial charge in [0, 0.05) is 18.0 Å². The molecule has 1 aromatic rings. The number of benzene rings is 1. The maximum atomic E-state index is 11.9. The van der Waals surface area contributed by atoms with Crippen LogP contribution < -0.4 is 5.32 Å². The van der Waals surface area contributed by atoms with Gasteiger partial charge in [-0.05, 0) is 51.8 Å². The van der Waals surface area contributed by atoms with Gasteiger partial charge in [-0.25, -0.2) is 4.79 Å². The van der Waals surface area contributed by atoms with Crippen LogP contribution in [0.3, 0.4) is 0 Å². The first-order chi connectivity index (χ1) is 14.9. The van der Waals surface area contributed by atoms with Crippen LogP contribution in [0.1, 0.15) is 93.7 Å². The molecule has 0 saturated heterocycles. The average Bonchev–Trinajstić information content (AvgIpc) is 2.70. The third-order valence-corrected chi connectivity index (χ3v) is 3.51. The number of alkyl carbamates (subject to hydrolysis) is 1. The Morgan fingerprint density at radius 1 is 1.16 bits per heavy atom. The molecular formula is C28H47NO3. The fourth-order valence-corrected chi connectivity index (χ4v) is 2.52. The van der Waals surface area contributed by atoms with Crippen molar-refractivity contribution in [2.24, 2.45) is 5.92 Å². The number of ether oxygens (including phenoxy) is 2. The van der Waals surface area contributed by atoms with Crippen LogP contribution in [0.25, 0.3) is 5.57 Å². The van der Waals surface area contributed by atoms with Crippen molar-refractivity contribution in [2.75, 3.05) is 0 Å². The van der Waals surface area contributed by atoms with Crippen LogP contribution in [0.2, 0.25) is 0 Å². The Morgan fingerprint density at radius 3 is 2.16 bits per heavy atom. The van der Waals surface area contributed by atoms with Gasteiger partial charge in [0.15, 0.2) is 0 Å². The van der Waals surface area contributed by atoms with Gasteiger partial charge in [-0.3, -0.25) is 0 Å². The van der Waals surface area contributed by atoms with Crippen molar-refractivity contribution >= 4 is 11.7 Å². The monoisotopic (exact) mass is 445 g/mol. The number of carbonyl (C=O) groups excluding carboxylic acids is 1. The van der Waals surface area contributed by atoms with E-state index in [1.165, 1.54) is 18.3 Å². The fraction of sp³-hybridized carbons (Fsp3) is 0.536. The lowest BCUT2D eigenvalue weighted by atomic mass is 9.96. The summed E-state index contributed by atoms with van der Waals surface area (Å²) >= 11 is 0. The predicted octanol–water partition coefficient (Wildman–Crippen LogP) is 8.65. The maximum absolute atomic E-state index is 11.9. The average molecular weight is 446 g/mol. The molecule has 182 valence electrons. The Kier molecular flexibility index (Phi) is 16.9. The minimum absolute atomic E-state index is 0.206. The Hall–Kier alpha value is -2.49. The molecule has 0 saturated carbocycles. The molecule has 1 rings (SSSR count). The molecule has 32 heavy (non-hydrogen) atoms. The van der Waals surface area contributed by atoms with E-state index < -0.39 is 11.7 Å². The van der Waals surface area contributed by atoms with E-state index in [4.69, 9.17) is 9.47 Å². The molecule has 0 atom stereocenters. The van der Waals surface area contributed by atoms with Crippen LogP contribution in [0.15, 0.2) is 54.5 Å². The fourth-order valence-electron chi connectivity index (χ4n) is 2.52. The highest BCUT2D eigenvalue weighted by Crippen LogP contribution is 2.28. The van der Waals surface area contributed by atoms with Crippen LogP contribution >= 0.6 is 0 Å². The van der Waals surface area contributed by atoms with Crippen LogP contribution in [0, 0.1) is 5.92 Å². The maximum Gasteiger partial charge on any atom is 0.407 e. The first-order valence-electron chi connectivity index (χ1n) is 11.7. The second kappa shape index (κ2) is 17.1. The van der Waals surface area contributed by atoms with Crippen molar-refractivity contribution in [2.45, 2.75) is 94.7 Å². The zero-order valence-electron chi connectivity index (χ0n) is 22.4. The minimum atomic E-state index is -0.514. The van der Waals surface area contributed by atoms with Gasteiger partial charge in [0.1, 0.15) is 11.4 Å². The SMILES string of the molecule is C=CO/C(=C(/C=C(C)C)c1cccc(CNC(=O)OC(C)(C)C)c1)C(C)C.CC.CCC. The van der Waals surface area contributed by atoms with Crippen molar-refractivity contribution in [3.8, 4) is 0 Å². The van der Waals surface area contributed by atoms with E-state index in [2.05, 4.69) is 65.6 Å². The molecule has 0 heterocycles. The highest BCUT2D eigenvalue weighted by atomic mass is 16.6. The number of amides is 1. The normalized spacial score (nSPS) is 11.0. The lowest BCUT2D eigenvalue weighted by Gasteiger charge is -2.20. The highest BCUT2D eigenvalue weighted by molar-refractivity contribution is 5.77. The first kappa shape index (κ1) is 31.7. The lowest BCUT2D eigenvalue weighted by molar-refractivity contribution is 0.0523. The van der Waals surface area contributed by atoms with E-state index >= 15 is 0 Å². The van der Waals surface area contributed by atoms with E-state index in [9.17, 15) is 4.79 Å². The smallest absolute Gasteiger partial charge is 0.407 e. The standard InChI is InChI=1S/C23H33NO3.C3H8.C2H6/c1-9-26-21(17(4)5)20(13-16(2)3)19-12-10-11-18(14-19)15-24-22(25)27-23(6,7)8;1-3-2;1-2/h9-14,17H,1,15H2,2-8H3,(H,24,25);3H2,1-2H3;1-2H3/b21-20-;;.